The van der Waals surface area contributed by atoms with Gasteiger partial charge in [-0.2, -0.15) is 0 Å². The van der Waals surface area contributed by atoms with Crippen LogP contribution in [0.3, 0.4) is 0 Å². The zero-order chi connectivity index (χ0) is 19.6. The van der Waals surface area contributed by atoms with Crippen LogP contribution in [0, 0.1) is 0 Å². The lowest BCUT2D eigenvalue weighted by Crippen LogP contribution is -2.50. The number of rotatable bonds is 8. The largest absolute Gasteiger partial charge is 0.493 e. The van der Waals surface area contributed by atoms with Crippen molar-refractivity contribution in [3.63, 3.8) is 0 Å². The van der Waals surface area contributed by atoms with Gasteiger partial charge in [0.1, 0.15) is 6.10 Å². The second kappa shape index (κ2) is 12.7. The van der Waals surface area contributed by atoms with Crippen LogP contribution in [0.1, 0.15) is 19.8 Å². The Kier molecular flexibility index (Phi) is 11.0. The number of carbonyl (C=O) groups is 1. The molecule has 1 unspecified atom stereocenters. The van der Waals surface area contributed by atoms with Crippen molar-refractivity contribution in [2.75, 3.05) is 40.3 Å². The number of hydrogen-bond donors (Lipinski definition) is 3. The number of piperidine rings is 1. The van der Waals surface area contributed by atoms with Crippen LogP contribution in [-0.2, 0) is 4.79 Å². The fraction of sp³-hybridized carbons (Fsp3) is 0.579. The third-order valence-electron chi connectivity index (χ3n) is 4.49. The van der Waals surface area contributed by atoms with Gasteiger partial charge in [-0.1, -0.05) is 12.1 Å². The summed E-state index contributed by atoms with van der Waals surface area (Å²) in [5.41, 5.74) is 5.26. The van der Waals surface area contributed by atoms with Crippen molar-refractivity contribution in [1.82, 2.24) is 15.5 Å². The first-order valence-electron chi connectivity index (χ1n) is 9.29. The summed E-state index contributed by atoms with van der Waals surface area (Å²) in [4.78, 5) is 17.4. The van der Waals surface area contributed by atoms with Crippen LogP contribution in [0.2, 0.25) is 0 Å². The van der Waals surface area contributed by atoms with E-state index >= 15 is 0 Å². The maximum absolute atomic E-state index is 11.0. The SMILES string of the molecule is CN=C(NCC(C)Oc1ccccc1OC)NC1CCN(CC(N)=O)CC1.I. The average Bonchev–Trinajstić information content (AvgIpc) is 2.66. The monoisotopic (exact) mass is 505 g/mol. The highest BCUT2D eigenvalue weighted by molar-refractivity contribution is 14.0. The number of likely N-dealkylation sites (tertiary alicyclic amines) is 1. The number of ether oxygens (including phenoxy) is 2. The van der Waals surface area contributed by atoms with E-state index in [9.17, 15) is 4.79 Å². The van der Waals surface area contributed by atoms with Crippen LogP contribution in [0.5, 0.6) is 11.5 Å². The summed E-state index contributed by atoms with van der Waals surface area (Å²) in [6.45, 7) is 4.64. The summed E-state index contributed by atoms with van der Waals surface area (Å²) in [5.74, 6) is 1.91. The Balaban J connectivity index is 0.00000392. The minimum Gasteiger partial charge on any atom is -0.493 e. The normalized spacial score (nSPS) is 16.6. The van der Waals surface area contributed by atoms with Crippen LogP contribution in [0.25, 0.3) is 0 Å². The maximum atomic E-state index is 11.0. The molecule has 0 radical (unpaired) electrons. The second-order valence-electron chi connectivity index (χ2n) is 6.69. The van der Waals surface area contributed by atoms with Crippen molar-refractivity contribution in [3.8, 4) is 11.5 Å². The molecule has 0 aromatic heterocycles. The average molecular weight is 505 g/mol. The Morgan fingerprint density at radius 2 is 1.96 bits per heavy atom. The van der Waals surface area contributed by atoms with Gasteiger partial charge in [-0.25, -0.2) is 0 Å². The molecule has 1 heterocycles. The number of guanidine groups is 1. The number of para-hydroxylation sites is 2. The summed E-state index contributed by atoms with van der Waals surface area (Å²) in [6, 6.07) is 7.92. The Labute approximate surface area is 184 Å². The quantitative estimate of drug-likeness (QED) is 0.279. The maximum Gasteiger partial charge on any atom is 0.231 e. The van der Waals surface area contributed by atoms with E-state index in [4.69, 9.17) is 15.2 Å². The standard InChI is InChI=1S/C19H31N5O3.HI/c1-14(27-17-7-5-4-6-16(17)26-3)12-22-19(21-2)23-15-8-10-24(11-9-15)13-18(20)25;/h4-7,14-15H,8-13H2,1-3H3,(H2,20,25)(H2,21,22,23);1H. The molecule has 0 aliphatic carbocycles. The van der Waals surface area contributed by atoms with Gasteiger partial charge < -0.3 is 25.8 Å². The smallest absolute Gasteiger partial charge is 0.231 e. The number of carbonyl (C=O) groups excluding carboxylic acids is 1. The van der Waals surface area contributed by atoms with Gasteiger partial charge in [0.25, 0.3) is 0 Å². The van der Waals surface area contributed by atoms with E-state index < -0.39 is 0 Å². The van der Waals surface area contributed by atoms with Gasteiger partial charge in [0, 0.05) is 26.2 Å². The summed E-state index contributed by atoms with van der Waals surface area (Å²) in [7, 11) is 3.38. The molecule has 2 rings (SSSR count). The zero-order valence-corrected chi connectivity index (χ0v) is 19.1. The van der Waals surface area contributed by atoms with E-state index in [-0.39, 0.29) is 36.0 Å². The van der Waals surface area contributed by atoms with Gasteiger partial charge in [0.05, 0.1) is 20.2 Å². The lowest BCUT2D eigenvalue weighted by molar-refractivity contribution is -0.119. The first-order valence-corrected chi connectivity index (χ1v) is 9.29. The van der Waals surface area contributed by atoms with Gasteiger partial charge in [-0.3, -0.25) is 14.7 Å². The number of primary amides is 1. The van der Waals surface area contributed by atoms with E-state index in [0.29, 0.717) is 19.1 Å². The molecule has 0 bridgehead atoms. The molecule has 28 heavy (non-hydrogen) atoms. The fourth-order valence-corrected chi connectivity index (χ4v) is 3.06. The van der Waals surface area contributed by atoms with Crippen molar-refractivity contribution < 1.29 is 14.3 Å². The molecule has 9 heteroatoms. The van der Waals surface area contributed by atoms with Crippen molar-refractivity contribution in [2.24, 2.45) is 10.7 Å². The minimum atomic E-state index is -0.275. The summed E-state index contributed by atoms with van der Waals surface area (Å²) < 4.78 is 11.3. The zero-order valence-electron chi connectivity index (χ0n) is 16.8. The van der Waals surface area contributed by atoms with Crippen LogP contribution >= 0.6 is 24.0 Å². The number of amides is 1. The highest BCUT2D eigenvalue weighted by atomic mass is 127. The molecule has 0 saturated carbocycles. The molecular weight excluding hydrogens is 473 g/mol. The number of aliphatic imine (C=N–C) groups is 1. The van der Waals surface area contributed by atoms with Crippen LogP contribution in [-0.4, -0.2) is 69.2 Å². The van der Waals surface area contributed by atoms with Gasteiger partial charge in [-0.05, 0) is 31.9 Å². The lowest BCUT2D eigenvalue weighted by Gasteiger charge is -2.32. The Hall–Kier alpha value is -1.75. The van der Waals surface area contributed by atoms with Crippen molar-refractivity contribution in [2.45, 2.75) is 31.9 Å². The Morgan fingerprint density at radius 1 is 1.32 bits per heavy atom. The van der Waals surface area contributed by atoms with Crippen molar-refractivity contribution >= 4 is 35.8 Å². The Morgan fingerprint density at radius 3 is 2.54 bits per heavy atom. The molecule has 1 aliphatic rings. The molecule has 1 atom stereocenters. The predicted octanol–water partition coefficient (Wildman–Crippen LogP) is 1.20. The van der Waals surface area contributed by atoms with E-state index in [2.05, 4.69) is 20.5 Å². The molecule has 1 aromatic rings. The third kappa shape index (κ3) is 8.09. The van der Waals surface area contributed by atoms with Crippen molar-refractivity contribution in [1.29, 1.82) is 0 Å². The first-order chi connectivity index (χ1) is 13.0. The number of methoxy groups -OCH3 is 1. The molecule has 1 aromatic carbocycles. The molecule has 158 valence electrons. The number of benzene rings is 1. The summed E-state index contributed by atoms with van der Waals surface area (Å²) in [5, 5.41) is 6.74. The second-order valence-corrected chi connectivity index (χ2v) is 6.69. The molecular formula is C19H32IN5O3. The van der Waals surface area contributed by atoms with Crippen molar-refractivity contribution in [3.05, 3.63) is 24.3 Å². The highest BCUT2D eigenvalue weighted by Gasteiger charge is 2.21. The first kappa shape index (κ1) is 24.3. The van der Waals surface area contributed by atoms with Crippen LogP contribution in [0.15, 0.2) is 29.3 Å². The van der Waals surface area contributed by atoms with Gasteiger partial charge in [0.15, 0.2) is 17.5 Å². The summed E-state index contributed by atoms with van der Waals surface area (Å²) in [6.07, 6.45) is 1.83. The minimum absolute atomic E-state index is 0. The summed E-state index contributed by atoms with van der Waals surface area (Å²) >= 11 is 0. The molecule has 0 spiro atoms. The highest BCUT2D eigenvalue weighted by Crippen LogP contribution is 2.26. The predicted molar refractivity (Wildman–Crippen MR) is 122 cm³/mol. The fourth-order valence-electron chi connectivity index (χ4n) is 3.06. The number of hydrogen-bond acceptors (Lipinski definition) is 5. The molecule has 8 nitrogen and oxygen atoms in total. The van der Waals surface area contributed by atoms with E-state index in [1.165, 1.54) is 0 Å². The number of nitrogens with one attached hydrogen (secondary N) is 2. The van der Waals surface area contributed by atoms with E-state index in [1.807, 2.05) is 31.2 Å². The number of nitrogens with two attached hydrogens (primary N) is 1. The molecule has 4 N–H and O–H groups in total. The molecule has 1 amide bonds. The lowest BCUT2D eigenvalue weighted by atomic mass is 10.1. The molecule has 1 fully saturated rings. The topological polar surface area (TPSA) is 101 Å². The van der Waals surface area contributed by atoms with E-state index in [0.717, 1.165) is 43.4 Å². The van der Waals surface area contributed by atoms with Gasteiger partial charge >= 0.3 is 0 Å². The van der Waals surface area contributed by atoms with Gasteiger partial charge in [-0.15, -0.1) is 24.0 Å². The third-order valence-corrected chi connectivity index (χ3v) is 4.49. The van der Waals surface area contributed by atoms with Gasteiger partial charge in [0.2, 0.25) is 5.91 Å². The van der Waals surface area contributed by atoms with E-state index in [1.54, 1.807) is 14.2 Å². The number of halogens is 1. The number of nitrogens with zero attached hydrogens (tertiary/aromatic N) is 2. The molecule has 1 aliphatic heterocycles. The van der Waals surface area contributed by atoms with Crippen LogP contribution < -0.4 is 25.8 Å². The Bertz CT molecular complexity index is 636. The van der Waals surface area contributed by atoms with Crippen LogP contribution in [0.4, 0.5) is 0 Å². The molecule has 1 saturated heterocycles.